The Morgan fingerprint density at radius 2 is 1.61 bits per heavy atom. The molecule has 0 aromatic carbocycles. The zero-order chi connectivity index (χ0) is 14.6. The van der Waals surface area contributed by atoms with Crippen LogP contribution in [0.3, 0.4) is 0 Å². The van der Waals surface area contributed by atoms with Crippen LogP contribution in [0.15, 0.2) is 0 Å². The molecule has 0 saturated heterocycles. The van der Waals surface area contributed by atoms with Gasteiger partial charge in [-0.1, -0.05) is 40.5 Å². The Morgan fingerprint density at radius 1 is 1.06 bits per heavy atom. The highest BCUT2D eigenvalue weighted by Gasteiger charge is 2.15. The molecule has 0 aliphatic carbocycles. The van der Waals surface area contributed by atoms with Crippen LogP contribution in [0, 0.1) is 26.1 Å². The van der Waals surface area contributed by atoms with Crippen LogP contribution in [0.4, 0.5) is 0 Å². The first kappa shape index (κ1) is 18.8. The third-order valence-electron chi connectivity index (χ3n) is 1.91. The predicted molar refractivity (Wildman–Crippen MR) is 64.9 cm³/mol. The third-order valence-corrected chi connectivity index (χ3v) is 1.91. The first-order valence-electron chi connectivity index (χ1n) is 6.00. The number of hydrogen-bond acceptors (Lipinski definition) is 6. The van der Waals surface area contributed by atoms with E-state index in [1.807, 2.05) is 27.7 Å². The summed E-state index contributed by atoms with van der Waals surface area (Å²) in [6, 6.07) is 0. The molecule has 0 amide bonds. The molecule has 18 heavy (non-hydrogen) atoms. The van der Waals surface area contributed by atoms with Gasteiger partial charge in [0.15, 0.2) is 0 Å². The number of hydrogen-bond donors (Lipinski definition) is 0. The molecule has 8 nitrogen and oxygen atoms in total. The maximum atomic E-state index is 10.1. The lowest BCUT2D eigenvalue weighted by molar-refractivity contribution is -0.790. The maximum Gasteiger partial charge on any atom is 0.294 e. The van der Waals surface area contributed by atoms with E-state index < -0.39 is 22.9 Å². The highest BCUT2D eigenvalue weighted by molar-refractivity contribution is 4.56. The summed E-state index contributed by atoms with van der Waals surface area (Å²) in [6.07, 6.45) is 1.08. The van der Waals surface area contributed by atoms with E-state index in [0.29, 0.717) is 18.8 Å². The fourth-order valence-electron chi connectivity index (χ4n) is 1.19. The topological polar surface area (TPSA) is 105 Å². The zero-order valence-corrected chi connectivity index (χ0v) is 11.3. The van der Waals surface area contributed by atoms with E-state index in [1.54, 1.807) is 0 Å². The van der Waals surface area contributed by atoms with Crippen molar-refractivity contribution in [1.29, 1.82) is 0 Å². The summed E-state index contributed by atoms with van der Waals surface area (Å²) >= 11 is 0. The molecular formula is C10H22N2O6. The molecule has 0 heterocycles. The van der Waals surface area contributed by atoms with Gasteiger partial charge in [0.25, 0.3) is 10.2 Å². The Bertz CT molecular complexity index is 234. The van der Waals surface area contributed by atoms with Crippen molar-refractivity contribution in [2.45, 2.75) is 53.1 Å². The molecule has 0 aliphatic heterocycles. The molecule has 0 rings (SSSR count). The largest absolute Gasteiger partial charge is 0.312 e. The molecule has 0 bridgehead atoms. The molecule has 0 spiro atoms. The van der Waals surface area contributed by atoms with Crippen molar-refractivity contribution in [1.82, 2.24) is 0 Å². The van der Waals surface area contributed by atoms with Gasteiger partial charge in [0.2, 0.25) is 0 Å². The minimum atomic E-state index is -0.987. The zero-order valence-electron chi connectivity index (χ0n) is 11.3. The average molecular weight is 266 g/mol. The van der Waals surface area contributed by atoms with E-state index in [4.69, 9.17) is 0 Å². The molecule has 0 N–H and O–H groups in total. The van der Waals surface area contributed by atoms with Gasteiger partial charge >= 0.3 is 0 Å². The number of nitrogens with zero attached hydrogens (tertiary/aromatic N) is 2. The summed E-state index contributed by atoms with van der Waals surface area (Å²) in [4.78, 5) is 28.4. The lowest BCUT2D eigenvalue weighted by Gasteiger charge is -2.13. The standard InChI is InChI=1S/C8H16N2O6.C2H6/c1-7(2)4-3-5-8(16-10(13)14)6-15-9(11)12;1-2/h7-8H,3-6H2,1-2H3;1-2H3. The summed E-state index contributed by atoms with van der Waals surface area (Å²) in [5, 5.41) is 18.1. The predicted octanol–water partition coefficient (Wildman–Crippen LogP) is 2.62. The molecule has 108 valence electrons. The maximum absolute atomic E-state index is 10.1. The van der Waals surface area contributed by atoms with Crippen LogP contribution in [0.1, 0.15) is 47.0 Å². The molecule has 0 radical (unpaired) electrons. The summed E-state index contributed by atoms with van der Waals surface area (Å²) in [5.74, 6) is 0.479. The SMILES string of the molecule is CC.CC(C)CCCC(CO[N+](=O)[O-])O[N+](=O)[O-]. The monoisotopic (exact) mass is 266 g/mol. The van der Waals surface area contributed by atoms with Crippen molar-refractivity contribution in [3.05, 3.63) is 20.2 Å². The molecule has 8 heteroatoms. The third kappa shape index (κ3) is 14.4. The first-order valence-corrected chi connectivity index (χ1v) is 6.00. The van der Waals surface area contributed by atoms with Crippen LogP contribution in [-0.2, 0) is 9.68 Å². The Kier molecular flexibility index (Phi) is 12.4. The molecule has 0 aromatic rings. The van der Waals surface area contributed by atoms with E-state index in [0.717, 1.165) is 6.42 Å². The van der Waals surface area contributed by atoms with Crippen LogP contribution in [0.5, 0.6) is 0 Å². The van der Waals surface area contributed by atoms with Crippen molar-refractivity contribution in [2.24, 2.45) is 5.92 Å². The van der Waals surface area contributed by atoms with Crippen molar-refractivity contribution in [2.75, 3.05) is 6.61 Å². The Morgan fingerprint density at radius 3 is 2.00 bits per heavy atom. The van der Waals surface area contributed by atoms with Gasteiger partial charge in [-0.15, -0.1) is 20.2 Å². The highest BCUT2D eigenvalue weighted by atomic mass is 17.0. The summed E-state index contributed by atoms with van der Waals surface area (Å²) in [7, 11) is 0. The second-order valence-corrected chi connectivity index (χ2v) is 3.80. The summed E-state index contributed by atoms with van der Waals surface area (Å²) < 4.78 is 0. The van der Waals surface area contributed by atoms with Crippen LogP contribution in [-0.4, -0.2) is 22.9 Å². The summed E-state index contributed by atoms with van der Waals surface area (Å²) in [5.41, 5.74) is 0. The lowest BCUT2D eigenvalue weighted by Crippen LogP contribution is -2.24. The van der Waals surface area contributed by atoms with Crippen molar-refractivity contribution < 1.29 is 19.8 Å². The quantitative estimate of drug-likeness (QED) is 0.469. The Labute approximate surface area is 106 Å². The van der Waals surface area contributed by atoms with Gasteiger partial charge in [-0.05, 0) is 12.3 Å². The van der Waals surface area contributed by atoms with Crippen LogP contribution in [0.2, 0.25) is 0 Å². The molecule has 0 saturated carbocycles. The van der Waals surface area contributed by atoms with Gasteiger partial charge in [-0.3, -0.25) is 0 Å². The molecular weight excluding hydrogens is 244 g/mol. The van der Waals surface area contributed by atoms with Gasteiger partial charge in [0.1, 0.15) is 12.7 Å². The fraction of sp³-hybridized carbons (Fsp3) is 1.00. The lowest BCUT2D eigenvalue weighted by atomic mass is 10.0. The first-order chi connectivity index (χ1) is 8.41. The van der Waals surface area contributed by atoms with Crippen LogP contribution >= 0.6 is 0 Å². The molecule has 0 fully saturated rings. The van der Waals surface area contributed by atoms with Gasteiger partial charge in [-0.25, -0.2) is 0 Å². The second kappa shape index (κ2) is 11.9. The minimum Gasteiger partial charge on any atom is -0.312 e. The molecule has 1 atom stereocenters. The summed E-state index contributed by atoms with van der Waals surface area (Å²) in [6.45, 7) is 7.64. The van der Waals surface area contributed by atoms with Gasteiger partial charge in [-0.2, -0.15) is 0 Å². The van der Waals surface area contributed by atoms with Crippen molar-refractivity contribution >= 4 is 0 Å². The second-order valence-electron chi connectivity index (χ2n) is 3.80. The van der Waals surface area contributed by atoms with Gasteiger partial charge < -0.3 is 9.68 Å². The van der Waals surface area contributed by atoms with Crippen LogP contribution in [0.25, 0.3) is 0 Å². The fourth-order valence-corrected chi connectivity index (χ4v) is 1.19. The Hall–Kier alpha value is -1.60. The van der Waals surface area contributed by atoms with E-state index in [-0.39, 0.29) is 0 Å². The smallest absolute Gasteiger partial charge is 0.294 e. The van der Waals surface area contributed by atoms with E-state index in [9.17, 15) is 20.2 Å². The van der Waals surface area contributed by atoms with Crippen molar-refractivity contribution in [3.8, 4) is 0 Å². The van der Waals surface area contributed by atoms with Gasteiger partial charge in [0, 0.05) is 0 Å². The van der Waals surface area contributed by atoms with Gasteiger partial charge in [0.05, 0.1) is 0 Å². The Balaban J connectivity index is 0. The van der Waals surface area contributed by atoms with E-state index >= 15 is 0 Å². The number of rotatable bonds is 9. The van der Waals surface area contributed by atoms with E-state index in [2.05, 4.69) is 9.68 Å². The molecule has 0 aromatic heterocycles. The normalized spacial score (nSPS) is 11.2. The minimum absolute atomic E-state index is 0.368. The van der Waals surface area contributed by atoms with Crippen molar-refractivity contribution in [3.63, 3.8) is 0 Å². The van der Waals surface area contributed by atoms with Crippen LogP contribution < -0.4 is 0 Å². The molecule has 0 aliphatic rings. The average Bonchev–Trinajstić information content (AvgIpc) is 2.27. The molecule has 1 unspecified atom stereocenters. The van der Waals surface area contributed by atoms with E-state index in [1.165, 1.54) is 0 Å². The highest BCUT2D eigenvalue weighted by Crippen LogP contribution is 2.11.